The van der Waals surface area contributed by atoms with E-state index in [1.165, 1.54) is 25.7 Å². The Balaban J connectivity index is 1.97. The van der Waals surface area contributed by atoms with E-state index in [-0.39, 0.29) is 0 Å². The molecule has 9 heavy (non-hydrogen) atoms. The van der Waals surface area contributed by atoms with Gasteiger partial charge in [0.1, 0.15) is 0 Å². The summed E-state index contributed by atoms with van der Waals surface area (Å²) in [4.78, 5) is 0. The summed E-state index contributed by atoms with van der Waals surface area (Å²) in [6.07, 6.45) is 5.54. The summed E-state index contributed by atoms with van der Waals surface area (Å²) in [5, 5.41) is 8.89. The van der Waals surface area contributed by atoms with Crippen molar-refractivity contribution < 1.29 is 5.11 Å². The Morgan fingerprint density at radius 3 is 2.22 bits per heavy atom. The molecular weight excluding hydrogens is 112 g/mol. The van der Waals surface area contributed by atoms with Gasteiger partial charge in [0.2, 0.25) is 0 Å². The van der Waals surface area contributed by atoms with Gasteiger partial charge in [0.05, 0.1) is 0 Å². The van der Waals surface area contributed by atoms with Gasteiger partial charge in [-0.1, -0.05) is 0 Å². The zero-order valence-corrected chi connectivity index (χ0v) is 5.71. The van der Waals surface area contributed by atoms with E-state index in [4.69, 9.17) is 5.11 Å². The summed E-state index contributed by atoms with van der Waals surface area (Å²) in [5.74, 6) is 2.63. The molecule has 0 aliphatic heterocycles. The maximum absolute atomic E-state index is 8.89. The van der Waals surface area contributed by atoms with Crippen LogP contribution in [0.15, 0.2) is 0 Å². The van der Waals surface area contributed by atoms with E-state index in [1.807, 2.05) is 0 Å². The summed E-state index contributed by atoms with van der Waals surface area (Å²) in [5.41, 5.74) is 0. The predicted octanol–water partition coefficient (Wildman–Crippen LogP) is 1.41. The number of aliphatic hydroxyl groups excluding tert-OH is 1. The number of fused-ring (bicyclic) bond motifs is 1. The molecule has 0 spiro atoms. The second-order valence-electron chi connectivity index (χ2n) is 3.52. The molecule has 1 unspecified atom stereocenters. The largest absolute Gasteiger partial charge is 0.396 e. The molecule has 52 valence electrons. The average Bonchev–Trinajstić information content (AvgIpc) is 2.07. The summed E-state index contributed by atoms with van der Waals surface area (Å²) < 4.78 is 0. The molecule has 0 heterocycles. The highest BCUT2D eigenvalue weighted by molar-refractivity contribution is 4.91. The number of aliphatic hydroxyl groups is 1. The molecule has 1 N–H and O–H groups in total. The van der Waals surface area contributed by atoms with Crippen LogP contribution in [0.3, 0.4) is 0 Å². The van der Waals surface area contributed by atoms with Gasteiger partial charge in [-0.25, -0.2) is 0 Å². The first-order valence-corrected chi connectivity index (χ1v) is 4.02. The lowest BCUT2D eigenvalue weighted by Gasteiger charge is -2.33. The van der Waals surface area contributed by atoms with Gasteiger partial charge in [-0.05, 0) is 43.4 Å². The number of rotatable bonds is 1. The summed E-state index contributed by atoms with van der Waals surface area (Å²) in [6.45, 7) is 0.446. The van der Waals surface area contributed by atoms with Crippen molar-refractivity contribution in [3.8, 4) is 0 Å². The van der Waals surface area contributed by atoms with Crippen LogP contribution in [-0.4, -0.2) is 11.7 Å². The van der Waals surface area contributed by atoms with Gasteiger partial charge >= 0.3 is 0 Å². The minimum Gasteiger partial charge on any atom is -0.396 e. The SMILES string of the molecule is OCC1CC[C@H]2CC[C@@H]12. The van der Waals surface area contributed by atoms with Crippen molar-refractivity contribution in [2.75, 3.05) is 6.61 Å². The second kappa shape index (κ2) is 1.98. The molecular formula is C8H14O. The molecule has 0 aromatic rings. The Bertz CT molecular complexity index is 109. The number of hydrogen-bond donors (Lipinski definition) is 1. The maximum atomic E-state index is 8.89. The molecule has 0 amide bonds. The van der Waals surface area contributed by atoms with Crippen molar-refractivity contribution >= 4 is 0 Å². The van der Waals surface area contributed by atoms with Crippen LogP contribution in [0.5, 0.6) is 0 Å². The van der Waals surface area contributed by atoms with Crippen LogP contribution in [0.2, 0.25) is 0 Å². The minimum atomic E-state index is 0.446. The quantitative estimate of drug-likeness (QED) is 0.563. The Morgan fingerprint density at radius 2 is 1.89 bits per heavy atom. The molecule has 3 atom stereocenters. The lowest BCUT2D eigenvalue weighted by atomic mass is 9.73. The smallest absolute Gasteiger partial charge is 0.0462 e. The fraction of sp³-hybridized carbons (Fsp3) is 1.00. The molecule has 0 aromatic heterocycles. The predicted molar refractivity (Wildman–Crippen MR) is 36.0 cm³/mol. The summed E-state index contributed by atoms with van der Waals surface area (Å²) in [7, 11) is 0. The van der Waals surface area contributed by atoms with Gasteiger partial charge < -0.3 is 5.11 Å². The Labute approximate surface area is 56.1 Å². The van der Waals surface area contributed by atoms with Crippen molar-refractivity contribution in [1.29, 1.82) is 0 Å². The van der Waals surface area contributed by atoms with Gasteiger partial charge in [0, 0.05) is 6.61 Å². The van der Waals surface area contributed by atoms with Crippen molar-refractivity contribution in [2.24, 2.45) is 17.8 Å². The molecule has 0 aromatic carbocycles. The highest BCUT2D eigenvalue weighted by Gasteiger charge is 2.41. The van der Waals surface area contributed by atoms with Crippen LogP contribution in [-0.2, 0) is 0 Å². The maximum Gasteiger partial charge on any atom is 0.0462 e. The van der Waals surface area contributed by atoms with Crippen molar-refractivity contribution in [1.82, 2.24) is 0 Å². The molecule has 2 saturated carbocycles. The van der Waals surface area contributed by atoms with E-state index in [0.717, 1.165) is 11.8 Å². The normalized spacial score (nSPS) is 48.3. The Kier molecular flexibility index (Phi) is 1.26. The van der Waals surface area contributed by atoms with Crippen LogP contribution >= 0.6 is 0 Å². The van der Waals surface area contributed by atoms with E-state index in [9.17, 15) is 0 Å². The van der Waals surface area contributed by atoms with Gasteiger partial charge in [0.25, 0.3) is 0 Å². The lowest BCUT2D eigenvalue weighted by Crippen LogP contribution is -2.26. The molecule has 1 heteroatoms. The van der Waals surface area contributed by atoms with Crippen LogP contribution in [0, 0.1) is 17.8 Å². The highest BCUT2D eigenvalue weighted by Crippen LogP contribution is 2.49. The fourth-order valence-corrected chi connectivity index (χ4v) is 2.44. The van der Waals surface area contributed by atoms with Crippen molar-refractivity contribution in [3.05, 3.63) is 0 Å². The molecule has 1 nitrogen and oxygen atoms in total. The Hall–Kier alpha value is -0.0400. The molecule has 2 aliphatic rings. The molecule has 0 saturated heterocycles. The Morgan fingerprint density at radius 1 is 1.11 bits per heavy atom. The van der Waals surface area contributed by atoms with Crippen LogP contribution in [0.4, 0.5) is 0 Å². The van der Waals surface area contributed by atoms with E-state index in [1.54, 1.807) is 0 Å². The fourth-order valence-electron chi connectivity index (χ4n) is 2.44. The first-order valence-electron chi connectivity index (χ1n) is 4.02. The summed E-state index contributed by atoms with van der Waals surface area (Å²) in [6, 6.07) is 0. The first-order chi connectivity index (χ1) is 4.42. The third kappa shape index (κ3) is 0.710. The van der Waals surface area contributed by atoms with Gasteiger partial charge in [-0.15, -0.1) is 0 Å². The highest BCUT2D eigenvalue weighted by atomic mass is 16.3. The van der Waals surface area contributed by atoms with Gasteiger partial charge in [0.15, 0.2) is 0 Å². The topological polar surface area (TPSA) is 20.2 Å². The van der Waals surface area contributed by atoms with Gasteiger partial charge in [-0.3, -0.25) is 0 Å². The third-order valence-corrected chi connectivity index (χ3v) is 3.22. The minimum absolute atomic E-state index is 0.446. The zero-order chi connectivity index (χ0) is 6.27. The molecule has 2 aliphatic carbocycles. The van der Waals surface area contributed by atoms with Crippen LogP contribution < -0.4 is 0 Å². The standard InChI is InChI=1S/C8H14O/c9-5-7-2-1-6-3-4-8(6)7/h6-9H,1-5H2/t6-,7?,8+/m0/s1. The van der Waals surface area contributed by atoms with Crippen molar-refractivity contribution in [3.63, 3.8) is 0 Å². The first kappa shape index (κ1) is 5.72. The van der Waals surface area contributed by atoms with E-state index in [0.29, 0.717) is 12.5 Å². The van der Waals surface area contributed by atoms with E-state index < -0.39 is 0 Å². The van der Waals surface area contributed by atoms with Gasteiger partial charge in [-0.2, -0.15) is 0 Å². The molecule has 2 fully saturated rings. The molecule has 2 rings (SSSR count). The van der Waals surface area contributed by atoms with E-state index >= 15 is 0 Å². The number of hydrogen-bond acceptors (Lipinski definition) is 1. The average molecular weight is 126 g/mol. The van der Waals surface area contributed by atoms with Crippen molar-refractivity contribution in [2.45, 2.75) is 25.7 Å². The van der Waals surface area contributed by atoms with Crippen LogP contribution in [0.1, 0.15) is 25.7 Å². The summed E-state index contributed by atoms with van der Waals surface area (Å²) >= 11 is 0. The lowest BCUT2D eigenvalue weighted by molar-refractivity contribution is 0.119. The monoisotopic (exact) mass is 126 g/mol. The second-order valence-corrected chi connectivity index (χ2v) is 3.52. The third-order valence-electron chi connectivity index (χ3n) is 3.22. The van der Waals surface area contributed by atoms with Crippen LogP contribution in [0.25, 0.3) is 0 Å². The molecule has 0 radical (unpaired) electrons. The zero-order valence-electron chi connectivity index (χ0n) is 5.71. The molecule has 0 bridgehead atoms. The van der Waals surface area contributed by atoms with E-state index in [2.05, 4.69) is 0 Å².